The van der Waals surface area contributed by atoms with Crippen molar-refractivity contribution in [2.75, 3.05) is 5.32 Å². The second kappa shape index (κ2) is 6.33. The van der Waals surface area contributed by atoms with Gasteiger partial charge in [-0.05, 0) is 42.9 Å². The lowest BCUT2D eigenvalue weighted by Gasteiger charge is -2.17. The number of fused-ring (bicyclic) bond motifs is 3. The zero-order valence-electron chi connectivity index (χ0n) is 13.3. The van der Waals surface area contributed by atoms with Crippen LogP contribution in [0.25, 0.3) is 11.0 Å². The van der Waals surface area contributed by atoms with Crippen molar-refractivity contribution in [3.63, 3.8) is 0 Å². The lowest BCUT2D eigenvalue weighted by Crippen LogP contribution is -2.15. The highest BCUT2D eigenvalue weighted by molar-refractivity contribution is 6.34. The lowest BCUT2D eigenvalue weighted by molar-refractivity contribution is 0.534. The number of nitrogens with one attached hydrogen (secondary N) is 1. The highest BCUT2D eigenvalue weighted by Gasteiger charge is 2.19. The quantitative estimate of drug-likeness (QED) is 0.687. The Bertz CT molecular complexity index is 947. The Morgan fingerprint density at radius 1 is 1.04 bits per heavy atom. The molecule has 0 bridgehead atoms. The highest BCUT2D eigenvalue weighted by Crippen LogP contribution is 2.33. The summed E-state index contributed by atoms with van der Waals surface area (Å²) >= 11 is 6.47. The van der Waals surface area contributed by atoms with Crippen LogP contribution in [0, 0.1) is 0 Å². The van der Waals surface area contributed by atoms with E-state index in [9.17, 15) is 4.79 Å². The summed E-state index contributed by atoms with van der Waals surface area (Å²) in [5.41, 5.74) is 4.31. The van der Waals surface area contributed by atoms with Gasteiger partial charge < -0.3 is 9.73 Å². The van der Waals surface area contributed by atoms with Crippen LogP contribution in [0.2, 0.25) is 5.02 Å². The summed E-state index contributed by atoms with van der Waals surface area (Å²) < 4.78 is 5.55. The molecule has 0 radical (unpaired) electrons. The third kappa shape index (κ3) is 2.80. The van der Waals surface area contributed by atoms with E-state index in [4.69, 9.17) is 16.0 Å². The van der Waals surface area contributed by atoms with E-state index in [0.29, 0.717) is 17.2 Å². The molecule has 3 nitrogen and oxygen atoms in total. The average Bonchev–Trinajstić information content (AvgIpc) is 2.62. The zero-order chi connectivity index (χ0) is 16.5. The van der Waals surface area contributed by atoms with E-state index in [1.54, 1.807) is 0 Å². The molecule has 0 saturated carbocycles. The van der Waals surface area contributed by atoms with Crippen molar-refractivity contribution >= 4 is 28.3 Å². The molecule has 4 rings (SSSR count). The van der Waals surface area contributed by atoms with Crippen LogP contribution >= 0.6 is 11.6 Å². The molecule has 3 aromatic rings. The second-order valence-corrected chi connectivity index (χ2v) is 6.63. The summed E-state index contributed by atoms with van der Waals surface area (Å²) in [6, 6.07) is 13.9. The Labute approximate surface area is 145 Å². The van der Waals surface area contributed by atoms with Gasteiger partial charge in [-0.15, -0.1) is 0 Å². The van der Waals surface area contributed by atoms with Crippen molar-refractivity contribution in [1.29, 1.82) is 0 Å². The molecule has 0 saturated heterocycles. The van der Waals surface area contributed by atoms with E-state index >= 15 is 0 Å². The first-order valence-electron chi connectivity index (χ1n) is 8.28. The molecule has 0 unspecified atom stereocenters. The standard InChI is InChI=1S/C20H18ClNO2/c21-17-10-16-14-8-4-5-9-15(14)20(23)24-19(16)11-18(17)22-12-13-6-2-1-3-7-13/h1-3,6-7,10-11,22H,4-5,8-9,12H2. The first-order chi connectivity index (χ1) is 11.7. The fourth-order valence-corrected chi connectivity index (χ4v) is 3.62. The lowest BCUT2D eigenvalue weighted by atomic mass is 9.90. The van der Waals surface area contributed by atoms with Crippen molar-refractivity contribution < 1.29 is 4.42 Å². The summed E-state index contributed by atoms with van der Waals surface area (Å²) in [4.78, 5) is 12.2. The predicted octanol–water partition coefficient (Wildman–Crippen LogP) is 4.94. The molecule has 0 fully saturated rings. The molecular weight excluding hydrogens is 322 g/mol. The van der Waals surface area contributed by atoms with E-state index < -0.39 is 0 Å². The van der Waals surface area contributed by atoms with Gasteiger partial charge in [0.05, 0.1) is 10.7 Å². The molecule has 2 aromatic carbocycles. The fraction of sp³-hybridized carbons (Fsp3) is 0.250. The summed E-state index contributed by atoms with van der Waals surface area (Å²) in [7, 11) is 0. The van der Waals surface area contributed by atoms with Crippen LogP contribution in [0.3, 0.4) is 0 Å². The number of rotatable bonds is 3. The molecule has 122 valence electrons. The van der Waals surface area contributed by atoms with Gasteiger partial charge in [-0.1, -0.05) is 41.9 Å². The summed E-state index contributed by atoms with van der Waals surface area (Å²) in [6.07, 6.45) is 3.88. The smallest absolute Gasteiger partial charge is 0.339 e. The van der Waals surface area contributed by atoms with Crippen molar-refractivity contribution in [3.05, 3.63) is 74.6 Å². The van der Waals surface area contributed by atoms with Gasteiger partial charge in [0.15, 0.2) is 0 Å². The Balaban J connectivity index is 1.73. The third-order valence-corrected chi connectivity index (χ3v) is 4.95. The Morgan fingerprint density at radius 3 is 2.58 bits per heavy atom. The Morgan fingerprint density at radius 2 is 1.79 bits per heavy atom. The highest BCUT2D eigenvalue weighted by atomic mass is 35.5. The minimum atomic E-state index is -0.200. The molecule has 1 heterocycles. The number of hydrogen-bond acceptors (Lipinski definition) is 3. The maximum absolute atomic E-state index is 12.2. The first-order valence-corrected chi connectivity index (χ1v) is 8.66. The molecular formula is C20H18ClNO2. The topological polar surface area (TPSA) is 42.2 Å². The molecule has 1 aliphatic rings. The van der Waals surface area contributed by atoms with E-state index in [1.807, 2.05) is 30.3 Å². The Kier molecular flexibility index (Phi) is 4.03. The van der Waals surface area contributed by atoms with E-state index in [1.165, 1.54) is 5.56 Å². The van der Waals surface area contributed by atoms with E-state index in [-0.39, 0.29) is 5.63 Å². The van der Waals surface area contributed by atoms with E-state index in [0.717, 1.165) is 47.9 Å². The maximum Gasteiger partial charge on any atom is 0.339 e. The second-order valence-electron chi connectivity index (χ2n) is 6.22. The molecule has 1 aromatic heterocycles. The fourth-order valence-electron chi connectivity index (χ4n) is 3.39. The van der Waals surface area contributed by atoms with Crippen LogP contribution < -0.4 is 10.9 Å². The largest absolute Gasteiger partial charge is 0.422 e. The van der Waals surface area contributed by atoms with Gasteiger partial charge in [0, 0.05) is 23.6 Å². The average molecular weight is 340 g/mol. The molecule has 4 heteroatoms. The van der Waals surface area contributed by atoms with Crippen LogP contribution in [0.15, 0.2) is 51.7 Å². The molecule has 0 spiro atoms. The maximum atomic E-state index is 12.2. The monoisotopic (exact) mass is 339 g/mol. The molecule has 24 heavy (non-hydrogen) atoms. The third-order valence-electron chi connectivity index (χ3n) is 4.64. The summed E-state index contributed by atoms with van der Waals surface area (Å²) in [6.45, 7) is 0.668. The van der Waals surface area contributed by atoms with Crippen LogP contribution in [-0.4, -0.2) is 0 Å². The van der Waals surface area contributed by atoms with Crippen molar-refractivity contribution in [3.8, 4) is 0 Å². The minimum Gasteiger partial charge on any atom is -0.422 e. The summed E-state index contributed by atoms with van der Waals surface area (Å²) in [5.74, 6) is 0. The number of aryl methyl sites for hydroxylation is 1. The number of anilines is 1. The predicted molar refractivity (Wildman–Crippen MR) is 97.9 cm³/mol. The van der Waals surface area contributed by atoms with Crippen molar-refractivity contribution in [1.82, 2.24) is 0 Å². The van der Waals surface area contributed by atoms with Crippen LogP contribution in [-0.2, 0) is 19.4 Å². The van der Waals surface area contributed by atoms with Gasteiger partial charge in [-0.3, -0.25) is 0 Å². The van der Waals surface area contributed by atoms with Gasteiger partial charge in [0.25, 0.3) is 0 Å². The van der Waals surface area contributed by atoms with Gasteiger partial charge >= 0.3 is 5.63 Å². The van der Waals surface area contributed by atoms with Crippen molar-refractivity contribution in [2.24, 2.45) is 0 Å². The molecule has 0 amide bonds. The normalized spacial score (nSPS) is 13.7. The summed E-state index contributed by atoms with van der Waals surface area (Å²) in [5, 5.41) is 4.95. The number of halogens is 1. The molecule has 1 N–H and O–H groups in total. The van der Waals surface area contributed by atoms with Gasteiger partial charge in [-0.2, -0.15) is 0 Å². The number of benzene rings is 2. The van der Waals surface area contributed by atoms with Crippen LogP contribution in [0.4, 0.5) is 5.69 Å². The first kappa shape index (κ1) is 15.3. The van der Waals surface area contributed by atoms with Crippen LogP contribution in [0.1, 0.15) is 29.5 Å². The minimum absolute atomic E-state index is 0.200. The zero-order valence-corrected chi connectivity index (χ0v) is 14.0. The van der Waals surface area contributed by atoms with Gasteiger partial charge in [0.1, 0.15) is 5.58 Å². The van der Waals surface area contributed by atoms with Crippen LogP contribution in [0.5, 0.6) is 0 Å². The van der Waals surface area contributed by atoms with Crippen molar-refractivity contribution in [2.45, 2.75) is 32.2 Å². The molecule has 0 atom stereocenters. The SMILES string of the molecule is O=c1oc2cc(NCc3ccccc3)c(Cl)cc2c2c1CCCC2. The molecule has 0 aliphatic heterocycles. The molecule has 1 aliphatic carbocycles. The van der Waals surface area contributed by atoms with E-state index in [2.05, 4.69) is 17.4 Å². The van der Waals surface area contributed by atoms with Gasteiger partial charge in [0.2, 0.25) is 0 Å². The number of hydrogen-bond donors (Lipinski definition) is 1. The van der Waals surface area contributed by atoms with Gasteiger partial charge in [-0.25, -0.2) is 4.79 Å². The Hall–Kier alpha value is -2.26.